The number of nitrogens with one attached hydrogen (secondary N) is 2. The predicted molar refractivity (Wildman–Crippen MR) is 88.7 cm³/mol. The van der Waals surface area contributed by atoms with Crippen molar-refractivity contribution in [1.82, 2.24) is 5.32 Å². The molecule has 132 valence electrons. The molecule has 0 saturated heterocycles. The van der Waals surface area contributed by atoms with E-state index in [9.17, 15) is 14.4 Å². The number of fused-ring (bicyclic) bond motifs is 1. The van der Waals surface area contributed by atoms with Gasteiger partial charge in [-0.3, -0.25) is 14.4 Å². The van der Waals surface area contributed by atoms with Crippen LogP contribution in [0.1, 0.15) is 41.6 Å². The van der Waals surface area contributed by atoms with E-state index in [4.69, 9.17) is 15.6 Å². The number of carbonyl (C=O) groups excluding carboxylic acids is 3. The summed E-state index contributed by atoms with van der Waals surface area (Å²) in [5.41, 5.74) is 6.01. The van der Waals surface area contributed by atoms with Gasteiger partial charge in [0.25, 0.3) is 5.91 Å². The van der Waals surface area contributed by atoms with Crippen LogP contribution < -0.4 is 16.4 Å². The van der Waals surface area contributed by atoms with Gasteiger partial charge in [0.1, 0.15) is 5.00 Å². The van der Waals surface area contributed by atoms with E-state index in [-0.39, 0.29) is 17.1 Å². The van der Waals surface area contributed by atoms with Crippen molar-refractivity contribution in [2.75, 3.05) is 11.9 Å². The minimum Gasteiger partial charge on any atom is -0.392 e. The van der Waals surface area contributed by atoms with Crippen LogP contribution in [-0.2, 0) is 27.4 Å². The molecule has 9 heteroatoms. The van der Waals surface area contributed by atoms with Crippen molar-refractivity contribution < 1.29 is 24.2 Å². The predicted octanol–water partition coefficient (Wildman–Crippen LogP) is 0.134. The molecule has 2 heterocycles. The molecule has 0 aromatic carbocycles. The average Bonchev–Trinajstić information content (AvgIpc) is 2.80. The van der Waals surface area contributed by atoms with Crippen LogP contribution in [0.15, 0.2) is 0 Å². The van der Waals surface area contributed by atoms with Crippen molar-refractivity contribution in [2.45, 2.75) is 45.5 Å². The number of primary amides is 1. The van der Waals surface area contributed by atoms with Crippen molar-refractivity contribution in [2.24, 2.45) is 5.73 Å². The van der Waals surface area contributed by atoms with Gasteiger partial charge in [0.2, 0.25) is 0 Å². The molecule has 0 bridgehead atoms. The normalized spacial score (nSPS) is 16.8. The van der Waals surface area contributed by atoms with Crippen LogP contribution in [0.5, 0.6) is 0 Å². The first-order chi connectivity index (χ1) is 11.1. The number of aliphatic hydroxyl groups excluding tert-OH is 1. The summed E-state index contributed by atoms with van der Waals surface area (Å²) in [4.78, 5) is 36.3. The summed E-state index contributed by atoms with van der Waals surface area (Å²) in [6.07, 6.45) is -0.280. The molecule has 0 aliphatic carbocycles. The van der Waals surface area contributed by atoms with Crippen LogP contribution in [0.25, 0.3) is 0 Å². The van der Waals surface area contributed by atoms with E-state index >= 15 is 0 Å². The molecule has 0 unspecified atom stereocenters. The monoisotopic (exact) mass is 355 g/mol. The van der Waals surface area contributed by atoms with Gasteiger partial charge < -0.3 is 26.2 Å². The highest BCUT2D eigenvalue weighted by Crippen LogP contribution is 2.40. The number of ether oxygens (including phenoxy) is 1. The highest BCUT2D eigenvalue weighted by Gasteiger charge is 2.33. The zero-order valence-electron chi connectivity index (χ0n) is 13.8. The van der Waals surface area contributed by atoms with E-state index in [1.165, 1.54) is 18.3 Å². The Morgan fingerprint density at radius 2 is 2.04 bits per heavy atom. The molecule has 1 aromatic rings. The summed E-state index contributed by atoms with van der Waals surface area (Å²) < 4.78 is 5.70. The third-order valence-corrected chi connectivity index (χ3v) is 4.65. The summed E-state index contributed by atoms with van der Waals surface area (Å²) in [6.45, 7) is 5.56. The number of rotatable bonds is 4. The van der Waals surface area contributed by atoms with Crippen LogP contribution in [0.2, 0.25) is 0 Å². The van der Waals surface area contributed by atoms with Gasteiger partial charge in [0.05, 0.1) is 23.9 Å². The fourth-order valence-electron chi connectivity index (χ4n) is 2.38. The Hall–Kier alpha value is -1.97. The third kappa shape index (κ3) is 4.11. The van der Waals surface area contributed by atoms with E-state index in [1.54, 1.807) is 0 Å². The maximum absolute atomic E-state index is 12.0. The van der Waals surface area contributed by atoms with Gasteiger partial charge in [0.15, 0.2) is 0 Å². The molecule has 0 spiro atoms. The number of hydrogen-bond donors (Lipinski definition) is 4. The third-order valence-electron chi connectivity index (χ3n) is 3.52. The highest BCUT2D eigenvalue weighted by molar-refractivity contribution is 7.17. The molecule has 0 saturated carbocycles. The van der Waals surface area contributed by atoms with Crippen LogP contribution in [-0.4, -0.2) is 41.1 Å². The first-order valence-electron chi connectivity index (χ1n) is 7.46. The number of carbonyl (C=O) groups is 3. The Bertz CT molecular complexity index is 681. The smallest absolute Gasteiger partial charge is 0.314 e. The molecule has 1 aliphatic heterocycles. The largest absolute Gasteiger partial charge is 0.392 e. The molecule has 0 radical (unpaired) electrons. The van der Waals surface area contributed by atoms with Crippen molar-refractivity contribution in [3.8, 4) is 0 Å². The Balaban J connectivity index is 2.22. The van der Waals surface area contributed by atoms with Crippen LogP contribution in [0.3, 0.4) is 0 Å². The fourth-order valence-corrected chi connectivity index (χ4v) is 3.51. The van der Waals surface area contributed by atoms with E-state index in [0.717, 1.165) is 10.4 Å². The topological polar surface area (TPSA) is 131 Å². The minimum absolute atomic E-state index is 0.0438. The molecule has 2 rings (SSSR count). The highest BCUT2D eigenvalue weighted by atomic mass is 32.1. The number of aliphatic hydroxyl groups is 1. The molecule has 24 heavy (non-hydrogen) atoms. The Labute approximate surface area is 143 Å². The molecule has 0 fully saturated rings. The summed E-state index contributed by atoms with van der Waals surface area (Å²) in [7, 11) is 0. The second-order valence-corrected chi connectivity index (χ2v) is 7.42. The zero-order chi connectivity index (χ0) is 18.1. The Kier molecular flexibility index (Phi) is 5.26. The Morgan fingerprint density at radius 3 is 2.62 bits per heavy atom. The minimum atomic E-state index is -0.920. The zero-order valence-corrected chi connectivity index (χ0v) is 14.6. The van der Waals surface area contributed by atoms with E-state index in [2.05, 4.69) is 10.6 Å². The van der Waals surface area contributed by atoms with E-state index in [0.29, 0.717) is 13.0 Å². The van der Waals surface area contributed by atoms with E-state index in [1.807, 2.05) is 13.8 Å². The second-order valence-electron chi connectivity index (χ2n) is 6.31. The van der Waals surface area contributed by atoms with Gasteiger partial charge in [-0.15, -0.1) is 11.3 Å². The summed E-state index contributed by atoms with van der Waals surface area (Å²) in [5.74, 6) is -2.48. The fraction of sp³-hybridized carbons (Fsp3) is 0.533. The SMILES string of the molecule is C[C@@H](O)CNC(=O)C(=O)Nc1sc2c(c1C(N)=O)CC(C)(C)OC2. The van der Waals surface area contributed by atoms with Gasteiger partial charge in [-0.1, -0.05) is 0 Å². The molecule has 1 aliphatic rings. The van der Waals surface area contributed by atoms with Gasteiger partial charge in [-0.05, 0) is 26.3 Å². The van der Waals surface area contributed by atoms with Crippen LogP contribution in [0.4, 0.5) is 5.00 Å². The average molecular weight is 355 g/mol. The van der Waals surface area contributed by atoms with Crippen molar-refractivity contribution in [3.63, 3.8) is 0 Å². The lowest BCUT2D eigenvalue weighted by Crippen LogP contribution is -2.39. The number of nitrogens with two attached hydrogens (primary N) is 1. The van der Waals surface area contributed by atoms with Gasteiger partial charge in [-0.25, -0.2) is 0 Å². The van der Waals surface area contributed by atoms with E-state index < -0.39 is 29.4 Å². The Morgan fingerprint density at radius 1 is 1.38 bits per heavy atom. The summed E-state index contributed by atoms with van der Waals surface area (Å²) in [5, 5.41) is 14.1. The second kappa shape index (κ2) is 6.88. The van der Waals surface area contributed by atoms with Crippen LogP contribution in [0, 0.1) is 0 Å². The number of thiophene rings is 1. The number of anilines is 1. The molecular weight excluding hydrogens is 334 g/mol. The molecule has 5 N–H and O–H groups in total. The van der Waals surface area contributed by atoms with Gasteiger partial charge >= 0.3 is 11.8 Å². The molecule has 8 nitrogen and oxygen atoms in total. The lowest BCUT2D eigenvalue weighted by molar-refractivity contribution is -0.136. The van der Waals surface area contributed by atoms with Crippen molar-refractivity contribution in [3.05, 3.63) is 16.0 Å². The quantitative estimate of drug-likeness (QED) is 0.570. The first-order valence-corrected chi connectivity index (χ1v) is 8.28. The van der Waals surface area contributed by atoms with Crippen molar-refractivity contribution in [1.29, 1.82) is 0 Å². The lowest BCUT2D eigenvalue weighted by Gasteiger charge is -2.30. The molecule has 1 atom stereocenters. The number of hydrogen-bond acceptors (Lipinski definition) is 6. The van der Waals surface area contributed by atoms with Gasteiger partial charge in [0, 0.05) is 17.8 Å². The lowest BCUT2D eigenvalue weighted by atomic mass is 9.93. The number of amides is 3. The van der Waals surface area contributed by atoms with Crippen LogP contribution >= 0.6 is 11.3 Å². The summed E-state index contributed by atoms with van der Waals surface area (Å²) >= 11 is 1.17. The molecule has 3 amide bonds. The van der Waals surface area contributed by atoms with Gasteiger partial charge in [-0.2, -0.15) is 0 Å². The molecular formula is C15H21N3O5S. The standard InChI is InChI=1S/C15H21N3O5S/c1-7(19)5-17-12(21)13(22)18-14-10(11(16)20)8-4-15(2,3)23-6-9(8)24-14/h7,19H,4-6H2,1-3H3,(H2,16,20)(H,17,21)(H,18,22)/t7-/m1/s1. The maximum atomic E-state index is 12.0. The first kappa shape index (κ1) is 18.4. The molecule has 1 aromatic heterocycles. The van der Waals surface area contributed by atoms with Crippen molar-refractivity contribution >= 4 is 34.1 Å². The summed E-state index contributed by atoms with van der Waals surface area (Å²) in [6, 6.07) is 0. The maximum Gasteiger partial charge on any atom is 0.314 e.